The zero-order valence-electron chi connectivity index (χ0n) is 17.1. The van der Waals surface area contributed by atoms with Crippen LogP contribution in [0.3, 0.4) is 0 Å². The molecule has 0 aliphatic heterocycles. The van der Waals surface area contributed by atoms with Crippen LogP contribution in [0.15, 0.2) is 28.7 Å². The Morgan fingerprint density at radius 2 is 1.90 bits per heavy atom. The van der Waals surface area contributed by atoms with Crippen molar-refractivity contribution in [1.82, 2.24) is 4.90 Å². The molecule has 3 rings (SSSR count). The molecule has 1 aromatic carbocycles. The third-order valence-corrected chi connectivity index (χ3v) is 7.53. The van der Waals surface area contributed by atoms with Crippen molar-refractivity contribution in [3.63, 3.8) is 0 Å². The van der Waals surface area contributed by atoms with E-state index in [0.29, 0.717) is 15.9 Å². The largest absolute Gasteiger partial charge is 0.479 e. The first kappa shape index (κ1) is 23.3. The normalized spacial score (nSPS) is 14.3. The van der Waals surface area contributed by atoms with E-state index in [4.69, 9.17) is 9.84 Å². The zero-order chi connectivity index (χ0) is 22.5. The Morgan fingerprint density at radius 3 is 2.52 bits per heavy atom. The summed E-state index contributed by atoms with van der Waals surface area (Å²) in [5.74, 6) is -2.32. The van der Waals surface area contributed by atoms with Gasteiger partial charge in [-0.1, -0.05) is 37.5 Å². The molecule has 1 aromatic heterocycles. The van der Waals surface area contributed by atoms with Crippen molar-refractivity contribution in [1.29, 1.82) is 0 Å². The van der Waals surface area contributed by atoms with E-state index in [1.165, 1.54) is 6.42 Å². The Labute approximate surface area is 192 Å². The highest BCUT2D eigenvalue weighted by Gasteiger charge is 2.26. The van der Waals surface area contributed by atoms with E-state index in [1.54, 1.807) is 6.92 Å². The Bertz CT molecular complexity index is 982. The second-order valence-electron chi connectivity index (χ2n) is 7.53. The molecule has 31 heavy (non-hydrogen) atoms. The number of amides is 1. The predicted octanol–water partition coefficient (Wildman–Crippen LogP) is 5.02. The molecule has 1 saturated carbocycles. The molecule has 1 amide bonds. The summed E-state index contributed by atoms with van der Waals surface area (Å²) < 4.78 is 5.64. The van der Waals surface area contributed by atoms with Crippen LogP contribution in [0.1, 0.15) is 54.3 Å². The number of carbonyl (C=O) groups is 3. The van der Waals surface area contributed by atoms with Crippen LogP contribution >= 0.6 is 27.3 Å². The fraction of sp³-hybridized carbons (Fsp3) is 0.409. The molecule has 1 fully saturated rings. The number of thiophene rings is 1. The first-order chi connectivity index (χ1) is 14.8. The van der Waals surface area contributed by atoms with Gasteiger partial charge in [-0.25, -0.2) is 9.59 Å². The van der Waals surface area contributed by atoms with E-state index in [0.717, 1.165) is 48.1 Å². The summed E-state index contributed by atoms with van der Waals surface area (Å²) >= 11 is 4.40. The Balaban J connectivity index is 1.90. The predicted molar refractivity (Wildman–Crippen MR) is 121 cm³/mol. The number of aliphatic carboxylic acids is 1. The number of ether oxygens (including phenoxy) is 1. The van der Waals surface area contributed by atoms with Crippen molar-refractivity contribution in [2.75, 3.05) is 6.61 Å². The van der Waals surface area contributed by atoms with Gasteiger partial charge in [0.25, 0.3) is 0 Å². The highest BCUT2D eigenvalue weighted by molar-refractivity contribution is 9.10. The second-order valence-corrected chi connectivity index (χ2v) is 9.34. The maximum absolute atomic E-state index is 12.3. The van der Waals surface area contributed by atoms with Crippen LogP contribution in [0.4, 0.5) is 0 Å². The fourth-order valence-electron chi connectivity index (χ4n) is 3.88. The van der Waals surface area contributed by atoms with E-state index in [9.17, 15) is 19.5 Å². The molecule has 2 aromatic rings. The first-order valence-electron chi connectivity index (χ1n) is 10.0. The third-order valence-electron chi connectivity index (χ3n) is 5.31. The number of aromatic carboxylic acids is 1. The summed E-state index contributed by atoms with van der Waals surface area (Å²) in [5, 5.41) is 18.4. The van der Waals surface area contributed by atoms with Gasteiger partial charge in [0.2, 0.25) is 5.91 Å². The lowest BCUT2D eigenvalue weighted by atomic mass is 9.93. The lowest BCUT2D eigenvalue weighted by Gasteiger charge is -2.34. The van der Waals surface area contributed by atoms with Gasteiger partial charge in [-0.2, -0.15) is 0 Å². The summed E-state index contributed by atoms with van der Waals surface area (Å²) in [6.07, 6.45) is 5.51. The minimum atomic E-state index is -1.19. The van der Waals surface area contributed by atoms with E-state index in [1.807, 2.05) is 29.2 Å². The summed E-state index contributed by atoms with van der Waals surface area (Å²) in [6, 6.07) is 7.85. The second kappa shape index (κ2) is 10.3. The van der Waals surface area contributed by atoms with Crippen molar-refractivity contribution < 1.29 is 29.3 Å². The summed E-state index contributed by atoms with van der Waals surface area (Å²) in [5.41, 5.74) is 1.72. The number of hydrogen-bond acceptors (Lipinski definition) is 5. The van der Waals surface area contributed by atoms with Gasteiger partial charge in [0.15, 0.2) is 17.2 Å². The number of nitrogens with zero attached hydrogens (tertiary/aromatic N) is 1. The molecular weight excluding hydrogens is 486 g/mol. The average Bonchev–Trinajstić information content (AvgIpc) is 3.07. The SMILES string of the molecule is CC(=O)N(Cc1cccc(-c2sc(C(=O)O)c(OCC(=O)O)c2Br)c1)C1CCCCC1. The van der Waals surface area contributed by atoms with E-state index in [2.05, 4.69) is 15.9 Å². The van der Waals surface area contributed by atoms with Crippen molar-refractivity contribution >= 4 is 45.1 Å². The molecule has 9 heteroatoms. The van der Waals surface area contributed by atoms with Crippen LogP contribution in [0.25, 0.3) is 10.4 Å². The van der Waals surface area contributed by atoms with Gasteiger partial charge in [0.05, 0.1) is 9.35 Å². The van der Waals surface area contributed by atoms with E-state index in [-0.39, 0.29) is 22.6 Å². The van der Waals surface area contributed by atoms with E-state index < -0.39 is 18.5 Å². The highest BCUT2D eigenvalue weighted by atomic mass is 79.9. The minimum Gasteiger partial charge on any atom is -0.479 e. The highest BCUT2D eigenvalue weighted by Crippen LogP contribution is 2.45. The number of rotatable bonds is 8. The molecule has 0 atom stereocenters. The number of hydrogen-bond donors (Lipinski definition) is 2. The maximum Gasteiger partial charge on any atom is 0.349 e. The van der Waals surface area contributed by atoms with Crippen LogP contribution in [0, 0.1) is 0 Å². The number of carboxylic acid groups (broad SMARTS) is 2. The van der Waals surface area contributed by atoms with Crippen molar-refractivity contribution in [3.8, 4) is 16.2 Å². The van der Waals surface area contributed by atoms with Crippen LogP contribution < -0.4 is 4.74 Å². The molecule has 1 aliphatic carbocycles. The van der Waals surface area contributed by atoms with Crippen LogP contribution in [0.2, 0.25) is 0 Å². The molecule has 1 heterocycles. The smallest absolute Gasteiger partial charge is 0.349 e. The van der Waals surface area contributed by atoms with Crippen LogP contribution in [-0.4, -0.2) is 45.6 Å². The topological polar surface area (TPSA) is 104 Å². The van der Waals surface area contributed by atoms with Gasteiger partial charge in [-0.3, -0.25) is 4.79 Å². The number of carbonyl (C=O) groups excluding carboxylic acids is 1. The quantitative estimate of drug-likeness (QED) is 0.517. The Morgan fingerprint density at radius 1 is 1.19 bits per heavy atom. The number of benzene rings is 1. The standard InChI is InChI=1S/C22H24BrNO6S/c1-13(25)24(16-8-3-2-4-9-16)11-14-6-5-7-15(10-14)20-18(23)19(30-12-17(26)27)21(31-20)22(28)29/h5-7,10,16H,2-4,8-9,11-12H2,1H3,(H,26,27)(H,28,29). The minimum absolute atomic E-state index is 0.00729. The average molecular weight is 510 g/mol. The molecule has 0 saturated heterocycles. The molecule has 0 radical (unpaired) electrons. The van der Waals surface area contributed by atoms with Gasteiger partial charge < -0.3 is 19.8 Å². The van der Waals surface area contributed by atoms with Crippen LogP contribution in [0.5, 0.6) is 5.75 Å². The summed E-state index contributed by atoms with van der Waals surface area (Å²) in [4.78, 5) is 37.3. The Kier molecular flexibility index (Phi) is 7.72. The number of carboxylic acids is 2. The molecule has 2 N–H and O–H groups in total. The first-order valence-corrected chi connectivity index (χ1v) is 11.7. The molecule has 0 spiro atoms. The van der Waals surface area contributed by atoms with Gasteiger partial charge in [0.1, 0.15) is 0 Å². The fourth-order valence-corrected chi connectivity index (χ4v) is 5.77. The molecule has 1 aliphatic rings. The zero-order valence-corrected chi connectivity index (χ0v) is 19.5. The summed E-state index contributed by atoms with van der Waals surface area (Å²) in [6.45, 7) is 1.45. The van der Waals surface area contributed by atoms with Gasteiger partial charge in [-0.15, -0.1) is 11.3 Å². The van der Waals surface area contributed by atoms with Crippen molar-refractivity contribution in [2.45, 2.75) is 51.6 Å². The third kappa shape index (κ3) is 5.65. The lowest BCUT2D eigenvalue weighted by Crippen LogP contribution is -2.39. The van der Waals surface area contributed by atoms with Gasteiger partial charge in [-0.05, 0) is 46.0 Å². The van der Waals surface area contributed by atoms with Crippen molar-refractivity contribution in [2.24, 2.45) is 0 Å². The lowest BCUT2D eigenvalue weighted by molar-refractivity contribution is -0.139. The van der Waals surface area contributed by atoms with Crippen LogP contribution in [-0.2, 0) is 16.1 Å². The van der Waals surface area contributed by atoms with E-state index >= 15 is 0 Å². The molecule has 7 nitrogen and oxygen atoms in total. The molecule has 166 valence electrons. The Hall–Kier alpha value is -2.39. The van der Waals surface area contributed by atoms with Crippen molar-refractivity contribution in [3.05, 3.63) is 39.2 Å². The van der Waals surface area contributed by atoms with Gasteiger partial charge in [0, 0.05) is 19.5 Å². The molecular formula is C22H24BrNO6S. The monoisotopic (exact) mass is 509 g/mol. The molecule has 0 bridgehead atoms. The number of halogens is 1. The summed E-state index contributed by atoms with van der Waals surface area (Å²) in [7, 11) is 0. The molecule has 0 unspecified atom stereocenters. The maximum atomic E-state index is 12.3. The van der Waals surface area contributed by atoms with Gasteiger partial charge >= 0.3 is 11.9 Å².